The van der Waals surface area contributed by atoms with Gasteiger partial charge in [-0.2, -0.15) is 0 Å². The van der Waals surface area contributed by atoms with Crippen LogP contribution in [0, 0.1) is 0 Å². The molecule has 26 N–H and O–H groups in total. The molecule has 39 atom stereocenters. The molecule has 520 valence electrons. The van der Waals surface area contributed by atoms with Crippen LogP contribution in [0.2, 0.25) is 0 Å². The second kappa shape index (κ2) is 32.7. The highest BCUT2D eigenvalue weighted by Crippen LogP contribution is 2.38. The SMILES string of the molecule is O=C[C@H](O)[C@@H](O)C(O[C@H]1O[C@H](CO)[C@@H](O[C@H]2O[C@H](CO)[C@@H](O[C@H]3O[C@H](CO)[C@@H](O[C@H]4O[C@H](CO)[C@@H](O[C@H]5O[C@H](CO)[C@@H](O[C@H]6O[C@H](CO)[C@@H](O[C@H]7O[C@H](CO)[C@@H](O)[C@H](O)[C@H]7O)[C@H](O)[C@H]6O)[C@H](O)[C@H]5O)[C@H](O)[C@H]4O)[C@H](O)[C@H]3O)[C@H](O)[C@H]2O)[C@H](O)[C@H]1O)[C@H](O)CO. The van der Waals surface area contributed by atoms with Gasteiger partial charge in [-0.15, -0.1) is 0 Å². The fourth-order valence-corrected chi connectivity index (χ4v) is 11.0. The summed E-state index contributed by atoms with van der Waals surface area (Å²) in [5, 5.41) is 276. The molecule has 0 spiro atoms. The van der Waals surface area contributed by atoms with Crippen molar-refractivity contribution in [3.05, 3.63) is 0 Å². The Morgan fingerprint density at radius 3 is 0.730 bits per heavy atom. The van der Waals surface area contributed by atoms with Crippen LogP contribution < -0.4 is 0 Å². The van der Waals surface area contributed by atoms with E-state index in [9.17, 15) is 138 Å². The van der Waals surface area contributed by atoms with Crippen LogP contribution in [0.1, 0.15) is 0 Å². The number of hydrogen-bond acceptors (Lipinski definition) is 41. The lowest BCUT2D eigenvalue weighted by Gasteiger charge is -2.50. The molecular formula is C48H82O41. The lowest BCUT2D eigenvalue weighted by Crippen LogP contribution is -2.68. The summed E-state index contributed by atoms with van der Waals surface area (Å²) in [4.78, 5) is 11.1. The molecule has 0 aliphatic carbocycles. The maximum atomic E-state index is 11.4. The summed E-state index contributed by atoms with van der Waals surface area (Å²) in [5.41, 5.74) is 0. The minimum absolute atomic E-state index is 0.140. The van der Waals surface area contributed by atoms with Crippen molar-refractivity contribution in [2.75, 3.05) is 52.9 Å². The zero-order valence-corrected chi connectivity index (χ0v) is 46.5. The smallest absolute Gasteiger partial charge is 0.187 e. The highest BCUT2D eigenvalue weighted by molar-refractivity contribution is 5.56. The van der Waals surface area contributed by atoms with Crippen LogP contribution in [0.5, 0.6) is 0 Å². The van der Waals surface area contributed by atoms with Crippen LogP contribution in [-0.2, 0) is 71.1 Å². The van der Waals surface area contributed by atoms with E-state index in [0.717, 1.165) is 0 Å². The lowest BCUT2D eigenvalue weighted by atomic mass is 9.95. The number of ether oxygens (including phenoxy) is 14. The topological polar surface area (TPSA) is 672 Å². The Kier molecular flexibility index (Phi) is 27.3. The molecule has 89 heavy (non-hydrogen) atoms. The monoisotopic (exact) mass is 1310 g/mol. The quantitative estimate of drug-likeness (QED) is 0.0358. The van der Waals surface area contributed by atoms with Gasteiger partial charge in [0.1, 0.15) is 195 Å². The first-order valence-corrected chi connectivity index (χ1v) is 27.9. The second-order valence-corrected chi connectivity index (χ2v) is 22.0. The minimum atomic E-state index is -2.28. The molecule has 7 aliphatic rings. The summed E-state index contributed by atoms with van der Waals surface area (Å²) in [6.45, 7) is -8.41. The van der Waals surface area contributed by atoms with Crippen LogP contribution in [-0.4, -0.2) is 431 Å². The molecule has 7 rings (SSSR count). The summed E-state index contributed by atoms with van der Waals surface area (Å²) < 4.78 is 77.9. The molecule has 0 aromatic rings. The molecule has 7 saturated heterocycles. The molecule has 41 heteroatoms. The zero-order chi connectivity index (χ0) is 65.8. The van der Waals surface area contributed by atoms with Gasteiger partial charge >= 0.3 is 0 Å². The zero-order valence-electron chi connectivity index (χ0n) is 46.5. The maximum Gasteiger partial charge on any atom is 0.187 e. The van der Waals surface area contributed by atoms with Crippen LogP contribution in [0.3, 0.4) is 0 Å². The van der Waals surface area contributed by atoms with Gasteiger partial charge in [-0.1, -0.05) is 0 Å². The average molecular weight is 1320 g/mol. The van der Waals surface area contributed by atoms with E-state index in [1.165, 1.54) is 0 Å². The molecule has 0 radical (unpaired) electrons. The number of carbonyl (C=O) groups excluding carboxylic acids is 1. The molecule has 7 heterocycles. The van der Waals surface area contributed by atoms with E-state index in [4.69, 9.17) is 66.3 Å². The Bertz CT molecular complexity index is 2100. The minimum Gasteiger partial charge on any atom is -0.394 e. The van der Waals surface area contributed by atoms with E-state index < -0.39 is 292 Å². The first kappa shape index (κ1) is 74.5. The first-order valence-electron chi connectivity index (χ1n) is 27.9. The van der Waals surface area contributed by atoms with Crippen molar-refractivity contribution in [2.24, 2.45) is 0 Å². The molecular weight excluding hydrogens is 1230 g/mol. The van der Waals surface area contributed by atoms with Gasteiger partial charge in [-0.25, -0.2) is 0 Å². The number of rotatable bonds is 26. The van der Waals surface area contributed by atoms with Crippen LogP contribution in [0.25, 0.3) is 0 Å². The maximum absolute atomic E-state index is 11.4. The van der Waals surface area contributed by atoms with E-state index >= 15 is 0 Å². The van der Waals surface area contributed by atoms with Crippen LogP contribution in [0.15, 0.2) is 0 Å². The summed E-state index contributed by atoms with van der Waals surface area (Å²) in [5.74, 6) is 0. The van der Waals surface area contributed by atoms with Gasteiger partial charge in [0.05, 0.1) is 52.9 Å². The average Bonchev–Trinajstić information content (AvgIpc) is 2.22. The van der Waals surface area contributed by atoms with Crippen molar-refractivity contribution in [1.29, 1.82) is 0 Å². The van der Waals surface area contributed by atoms with Gasteiger partial charge in [0.25, 0.3) is 0 Å². The van der Waals surface area contributed by atoms with E-state index in [2.05, 4.69) is 0 Å². The molecule has 7 aliphatic heterocycles. The number of aliphatic hydroxyl groups excluding tert-OH is 26. The Labute approximate surface area is 501 Å². The standard InChI is InChI=1S/C48H82O41/c49-1-10(58)19(60)35(11(59)2-50)83-43-29(70)22(63)37(13(4-52)77-43)85-45-31(72)24(65)39(15(6-54)79-45)87-47-33(74)26(67)41(17(8-56)81-47)89-48-34(75)27(68)40(18(9-57)82-48)88-46-32(73)25(66)38(16(7-55)80-46)86-44-30(71)23(64)36(14(5-53)78-44)84-42-28(69)21(62)20(61)12(3-51)76-42/h1,10-48,50-75H,2-9H2/t10-,11+,12+,13+,14+,15+,16+,17+,18+,19+,20+,21-,22+,23+,24+,25+,26+,27+,28+,29+,30+,31+,32+,33+,34+,35?,36+,37+,38+,39+,40+,41+,42+,43+,44+,45+,46+,47+,48+/m0/s1. The summed E-state index contributed by atoms with van der Waals surface area (Å²) in [6, 6.07) is 0. The molecule has 0 amide bonds. The molecule has 0 bridgehead atoms. The highest BCUT2D eigenvalue weighted by atomic mass is 16.8. The van der Waals surface area contributed by atoms with Crippen molar-refractivity contribution >= 4 is 6.29 Å². The summed E-state index contributed by atoms with van der Waals surface area (Å²) in [6.07, 6.45) is -78.7. The third-order valence-corrected chi connectivity index (χ3v) is 16.2. The van der Waals surface area contributed by atoms with E-state index in [1.54, 1.807) is 0 Å². The van der Waals surface area contributed by atoms with Crippen molar-refractivity contribution in [3.63, 3.8) is 0 Å². The fraction of sp³-hybridized carbons (Fsp3) is 0.979. The van der Waals surface area contributed by atoms with Crippen molar-refractivity contribution < 1.29 is 204 Å². The van der Waals surface area contributed by atoms with E-state index in [0.29, 0.717) is 0 Å². The van der Waals surface area contributed by atoms with Gasteiger partial charge in [0, 0.05) is 0 Å². The third-order valence-electron chi connectivity index (χ3n) is 16.2. The molecule has 0 aromatic heterocycles. The lowest BCUT2D eigenvalue weighted by molar-refractivity contribution is -0.398. The summed E-state index contributed by atoms with van der Waals surface area (Å²) >= 11 is 0. The van der Waals surface area contributed by atoms with Gasteiger partial charge < -0.3 is 204 Å². The molecule has 0 saturated carbocycles. The summed E-state index contributed by atoms with van der Waals surface area (Å²) in [7, 11) is 0. The Morgan fingerprint density at radius 2 is 0.506 bits per heavy atom. The van der Waals surface area contributed by atoms with Gasteiger partial charge in [0.15, 0.2) is 50.3 Å². The third kappa shape index (κ3) is 15.8. The van der Waals surface area contributed by atoms with Crippen molar-refractivity contribution in [1.82, 2.24) is 0 Å². The Morgan fingerprint density at radius 1 is 0.292 bits per heavy atom. The van der Waals surface area contributed by atoms with Crippen LogP contribution in [0.4, 0.5) is 0 Å². The number of hydrogen-bond donors (Lipinski definition) is 26. The predicted octanol–water partition coefficient (Wildman–Crippen LogP) is -18.6. The number of aliphatic hydroxyl groups is 26. The van der Waals surface area contributed by atoms with Crippen LogP contribution >= 0.6 is 0 Å². The Hall–Kier alpha value is -1.93. The van der Waals surface area contributed by atoms with E-state index in [-0.39, 0.29) is 6.29 Å². The molecule has 1 unspecified atom stereocenters. The van der Waals surface area contributed by atoms with Crippen molar-refractivity contribution in [2.45, 2.75) is 239 Å². The van der Waals surface area contributed by atoms with Gasteiger partial charge in [-0.3, -0.25) is 0 Å². The molecule has 7 fully saturated rings. The largest absolute Gasteiger partial charge is 0.394 e. The highest BCUT2D eigenvalue weighted by Gasteiger charge is 2.59. The normalized spacial score (nSPS) is 49.8. The van der Waals surface area contributed by atoms with Crippen molar-refractivity contribution in [3.8, 4) is 0 Å². The number of aldehydes is 1. The predicted molar refractivity (Wildman–Crippen MR) is 266 cm³/mol. The van der Waals surface area contributed by atoms with E-state index in [1.807, 2.05) is 0 Å². The fourth-order valence-electron chi connectivity index (χ4n) is 11.0. The first-order chi connectivity index (χ1) is 42.2. The Balaban J connectivity index is 0.940. The van der Waals surface area contributed by atoms with Gasteiger partial charge in [0.2, 0.25) is 0 Å². The molecule has 41 nitrogen and oxygen atoms in total. The number of carbonyl (C=O) groups is 1. The molecule has 0 aromatic carbocycles. The van der Waals surface area contributed by atoms with Gasteiger partial charge in [-0.05, 0) is 0 Å². The second-order valence-electron chi connectivity index (χ2n) is 22.0.